The first-order chi connectivity index (χ1) is 14.6. The zero-order valence-electron chi connectivity index (χ0n) is 18.2. The highest BCUT2D eigenvalue weighted by Crippen LogP contribution is 2.59. The van der Waals surface area contributed by atoms with Crippen LogP contribution in [0, 0.1) is 35.0 Å². The molecule has 2 saturated heterocycles. The second-order valence-corrected chi connectivity index (χ2v) is 11.7. The molecular weight excluding hydrogens is 429 g/mol. The number of amides is 1. The fraction of sp³-hybridized carbons (Fsp3) is 0.720. The Hall–Kier alpha value is -0.810. The van der Waals surface area contributed by atoms with Crippen LogP contribution in [0.1, 0.15) is 54.4 Å². The van der Waals surface area contributed by atoms with Crippen molar-refractivity contribution in [3.05, 3.63) is 34.3 Å². The number of likely N-dealkylation sites (tertiary alicyclic amines) is 1. The van der Waals surface area contributed by atoms with Gasteiger partial charge in [-0.15, -0.1) is 12.4 Å². The van der Waals surface area contributed by atoms with E-state index in [1.807, 2.05) is 12.1 Å². The Balaban J connectivity index is 0.00000204. The second-order valence-electron chi connectivity index (χ2n) is 11.3. The number of hydrogen-bond donors (Lipinski definition) is 2. The SMILES string of the molecule is Cl.O=C(NCC12CC3CC(CC(C3)C1)C2)c1cc(CN2C[C@H]3CNC[C@H]3C2)ccc1Cl. The first kappa shape index (κ1) is 22.0. The third-order valence-electron chi connectivity index (χ3n) is 8.94. The molecule has 6 heteroatoms. The van der Waals surface area contributed by atoms with Crippen molar-refractivity contribution in [3.8, 4) is 0 Å². The van der Waals surface area contributed by atoms with Gasteiger partial charge in [0, 0.05) is 26.2 Å². The topological polar surface area (TPSA) is 44.4 Å². The fourth-order valence-electron chi connectivity index (χ4n) is 8.05. The van der Waals surface area contributed by atoms with Crippen molar-refractivity contribution in [3.63, 3.8) is 0 Å². The van der Waals surface area contributed by atoms with Gasteiger partial charge in [0.05, 0.1) is 10.6 Å². The molecule has 4 bridgehead atoms. The van der Waals surface area contributed by atoms with E-state index in [-0.39, 0.29) is 18.3 Å². The van der Waals surface area contributed by atoms with Gasteiger partial charge in [0.25, 0.3) is 5.91 Å². The molecule has 2 N–H and O–H groups in total. The Morgan fingerprint density at radius 1 is 1.06 bits per heavy atom. The van der Waals surface area contributed by atoms with Crippen molar-refractivity contribution in [2.45, 2.75) is 45.1 Å². The molecule has 170 valence electrons. The average molecular weight is 464 g/mol. The van der Waals surface area contributed by atoms with E-state index in [2.05, 4.69) is 21.6 Å². The first-order valence-electron chi connectivity index (χ1n) is 12.0. The average Bonchev–Trinajstić information content (AvgIpc) is 3.28. The van der Waals surface area contributed by atoms with Crippen molar-refractivity contribution in [2.24, 2.45) is 35.0 Å². The minimum Gasteiger partial charge on any atom is -0.351 e. The lowest BCUT2D eigenvalue weighted by atomic mass is 9.49. The molecule has 2 atom stereocenters. The lowest BCUT2D eigenvalue weighted by Crippen LogP contribution is -2.51. The Kier molecular flexibility index (Phi) is 6.05. The number of carbonyl (C=O) groups excluding carboxylic acids is 1. The first-order valence-corrected chi connectivity index (χ1v) is 12.4. The molecule has 0 unspecified atom stereocenters. The summed E-state index contributed by atoms with van der Waals surface area (Å²) >= 11 is 6.46. The highest BCUT2D eigenvalue weighted by atomic mass is 35.5. The van der Waals surface area contributed by atoms with Crippen LogP contribution in [0.15, 0.2) is 18.2 Å². The molecule has 7 rings (SSSR count). The lowest BCUT2D eigenvalue weighted by Gasteiger charge is -2.56. The number of fused-ring (bicyclic) bond motifs is 1. The summed E-state index contributed by atoms with van der Waals surface area (Å²) in [5, 5.41) is 7.38. The minimum atomic E-state index is 0. The summed E-state index contributed by atoms with van der Waals surface area (Å²) in [6.07, 6.45) is 8.28. The summed E-state index contributed by atoms with van der Waals surface area (Å²) in [5.41, 5.74) is 2.21. The number of halogens is 2. The van der Waals surface area contributed by atoms with Gasteiger partial charge in [-0.1, -0.05) is 17.7 Å². The van der Waals surface area contributed by atoms with E-state index in [4.69, 9.17) is 11.6 Å². The molecule has 1 aromatic carbocycles. The van der Waals surface area contributed by atoms with E-state index in [9.17, 15) is 4.79 Å². The van der Waals surface area contributed by atoms with Gasteiger partial charge < -0.3 is 10.6 Å². The predicted octanol–water partition coefficient (Wildman–Crippen LogP) is 4.36. The summed E-state index contributed by atoms with van der Waals surface area (Å²) in [6.45, 7) is 6.37. The van der Waals surface area contributed by atoms with E-state index in [0.717, 1.165) is 68.9 Å². The normalized spacial score (nSPS) is 38.2. The van der Waals surface area contributed by atoms with Crippen LogP contribution in [0.4, 0.5) is 0 Å². The molecule has 0 radical (unpaired) electrons. The standard InChI is InChI=1S/C25H34ClN3O.ClH/c26-23-2-1-16(12-29-13-20-10-27-11-21(20)14-29)6-22(23)24(30)28-15-25-7-17-3-18(8-25)5-19(4-17)9-25;/h1-2,6,17-21,27H,3-5,7-15H2,(H,28,30);1H/t17?,18?,19?,20-,21+,25?;. The van der Waals surface area contributed by atoms with Gasteiger partial charge in [0.2, 0.25) is 0 Å². The quantitative estimate of drug-likeness (QED) is 0.681. The highest BCUT2D eigenvalue weighted by Gasteiger charge is 2.50. The zero-order chi connectivity index (χ0) is 20.3. The van der Waals surface area contributed by atoms with E-state index in [1.165, 1.54) is 44.1 Å². The summed E-state index contributed by atoms with van der Waals surface area (Å²) in [4.78, 5) is 15.6. The van der Waals surface area contributed by atoms with Crippen molar-refractivity contribution in [1.29, 1.82) is 0 Å². The van der Waals surface area contributed by atoms with Crippen LogP contribution in [0.2, 0.25) is 5.02 Å². The van der Waals surface area contributed by atoms with Crippen LogP contribution in [0.3, 0.4) is 0 Å². The maximum Gasteiger partial charge on any atom is 0.252 e. The molecular formula is C25H35Cl2N3O. The van der Waals surface area contributed by atoms with Crippen LogP contribution < -0.4 is 10.6 Å². The number of hydrogen-bond acceptors (Lipinski definition) is 3. The van der Waals surface area contributed by atoms with Crippen LogP contribution in [0.5, 0.6) is 0 Å². The molecule has 31 heavy (non-hydrogen) atoms. The van der Waals surface area contributed by atoms with Crippen molar-refractivity contribution in [1.82, 2.24) is 15.5 Å². The Labute approximate surface area is 197 Å². The molecule has 4 saturated carbocycles. The Morgan fingerprint density at radius 3 is 2.29 bits per heavy atom. The third kappa shape index (κ3) is 4.26. The van der Waals surface area contributed by atoms with Crippen LogP contribution >= 0.6 is 24.0 Å². The molecule has 0 spiro atoms. The van der Waals surface area contributed by atoms with Gasteiger partial charge in [-0.3, -0.25) is 9.69 Å². The summed E-state index contributed by atoms with van der Waals surface area (Å²) in [5.74, 6) is 4.33. The monoisotopic (exact) mass is 463 g/mol. The van der Waals surface area contributed by atoms with E-state index < -0.39 is 0 Å². The molecule has 1 aromatic rings. The third-order valence-corrected chi connectivity index (χ3v) is 9.27. The van der Waals surface area contributed by atoms with Crippen LogP contribution in [-0.2, 0) is 6.54 Å². The maximum absolute atomic E-state index is 13.1. The predicted molar refractivity (Wildman–Crippen MR) is 127 cm³/mol. The number of rotatable bonds is 5. The Bertz CT molecular complexity index is 797. The highest BCUT2D eigenvalue weighted by molar-refractivity contribution is 6.33. The van der Waals surface area contributed by atoms with Crippen LogP contribution in [0.25, 0.3) is 0 Å². The summed E-state index contributed by atoms with van der Waals surface area (Å²) in [6, 6.07) is 6.03. The Morgan fingerprint density at radius 2 is 1.68 bits per heavy atom. The van der Waals surface area contributed by atoms with Gasteiger partial charge in [-0.25, -0.2) is 0 Å². The second kappa shape index (κ2) is 8.52. The number of benzene rings is 1. The molecule has 0 aromatic heterocycles. The van der Waals surface area contributed by atoms with Gasteiger partial charge >= 0.3 is 0 Å². The number of nitrogens with one attached hydrogen (secondary N) is 2. The largest absolute Gasteiger partial charge is 0.351 e. The van der Waals surface area contributed by atoms with E-state index in [1.54, 1.807) is 0 Å². The molecule has 4 nitrogen and oxygen atoms in total. The maximum atomic E-state index is 13.1. The molecule has 2 heterocycles. The smallest absolute Gasteiger partial charge is 0.252 e. The summed E-state index contributed by atoms with van der Waals surface area (Å²) < 4.78 is 0. The molecule has 6 aliphatic rings. The molecule has 6 fully saturated rings. The zero-order valence-corrected chi connectivity index (χ0v) is 19.8. The summed E-state index contributed by atoms with van der Waals surface area (Å²) in [7, 11) is 0. The van der Waals surface area contributed by atoms with Gasteiger partial charge in [0.1, 0.15) is 0 Å². The van der Waals surface area contributed by atoms with Gasteiger partial charge in [0.15, 0.2) is 0 Å². The molecule has 1 amide bonds. The van der Waals surface area contributed by atoms with Crippen molar-refractivity contribution in [2.75, 3.05) is 32.7 Å². The number of carbonyl (C=O) groups is 1. The van der Waals surface area contributed by atoms with E-state index in [0.29, 0.717) is 16.0 Å². The van der Waals surface area contributed by atoms with Crippen molar-refractivity contribution < 1.29 is 4.79 Å². The van der Waals surface area contributed by atoms with E-state index >= 15 is 0 Å². The minimum absolute atomic E-state index is 0. The molecule has 4 aliphatic carbocycles. The number of nitrogens with zero attached hydrogens (tertiary/aromatic N) is 1. The van der Waals surface area contributed by atoms with Crippen LogP contribution in [-0.4, -0.2) is 43.5 Å². The van der Waals surface area contributed by atoms with Gasteiger partial charge in [-0.2, -0.15) is 0 Å². The van der Waals surface area contributed by atoms with Crippen molar-refractivity contribution >= 4 is 29.9 Å². The van der Waals surface area contributed by atoms with Gasteiger partial charge in [-0.05, 0) is 104 Å². The molecule has 2 aliphatic heterocycles. The lowest BCUT2D eigenvalue weighted by molar-refractivity contribution is -0.0503. The fourth-order valence-corrected chi connectivity index (χ4v) is 8.26.